The van der Waals surface area contributed by atoms with E-state index in [9.17, 15) is 23.8 Å². The van der Waals surface area contributed by atoms with Gasteiger partial charge in [0.15, 0.2) is 5.60 Å². The fraction of sp³-hybridized carbons (Fsp3) is 0.536. The van der Waals surface area contributed by atoms with Crippen molar-refractivity contribution < 1.29 is 23.8 Å². The van der Waals surface area contributed by atoms with Gasteiger partial charge in [0.2, 0.25) is 5.92 Å². The average molecular weight is 470 g/mol. The minimum absolute atomic E-state index is 0.192. The van der Waals surface area contributed by atoms with Crippen LogP contribution in [0.2, 0.25) is 0 Å². The van der Waals surface area contributed by atoms with Crippen LogP contribution < -0.4 is 5.32 Å². The van der Waals surface area contributed by atoms with Crippen molar-refractivity contribution in [3.8, 4) is 0 Å². The maximum Gasteiger partial charge on any atom is 0.340 e. The number of nitrogens with one attached hydrogen (secondary N) is 1. The molecule has 1 aliphatic heterocycles. The Morgan fingerprint density at radius 2 is 1.88 bits per heavy atom. The number of carboxylic acids is 1. The predicted molar refractivity (Wildman–Crippen MR) is 126 cm³/mol. The van der Waals surface area contributed by atoms with E-state index in [2.05, 4.69) is 11.4 Å². The standard InChI is InChI=1S/C28H33F2NO3/c1-17(18-7-3-2-4-8-18)24-21(25-19-12-13-23(25)31-16-19)10-5-11-22(24)28(34,26(32)33)20-9-6-14-27(29,30)15-20/h2-5,7-8,10-11,17,19-20,23,25,31,34H,6,9,12-16H2,1H3,(H,32,33)/t17-,19?,20?,23?,25?,28?/m0/s1. The Kier molecular flexibility index (Phi) is 6.01. The Balaban J connectivity index is 1.70. The van der Waals surface area contributed by atoms with Crippen LogP contribution in [0.4, 0.5) is 8.78 Å². The van der Waals surface area contributed by atoms with Gasteiger partial charge in [-0.2, -0.15) is 0 Å². The molecule has 0 spiro atoms. The SMILES string of the molecule is C[C@@H](c1ccccc1)c1c(C2C3CCC2NC3)cccc1C(O)(C(=O)O)C1CCCC(F)(F)C1. The molecule has 5 unspecified atom stereocenters. The van der Waals surface area contributed by atoms with Crippen LogP contribution in [0.15, 0.2) is 48.5 Å². The van der Waals surface area contributed by atoms with Crippen LogP contribution >= 0.6 is 0 Å². The molecule has 1 saturated heterocycles. The molecule has 5 rings (SSSR count). The van der Waals surface area contributed by atoms with E-state index in [0.29, 0.717) is 12.0 Å². The number of hydrogen-bond donors (Lipinski definition) is 3. The Morgan fingerprint density at radius 1 is 1.12 bits per heavy atom. The van der Waals surface area contributed by atoms with Gasteiger partial charge >= 0.3 is 5.97 Å². The maximum atomic E-state index is 14.4. The quantitative estimate of drug-likeness (QED) is 0.530. The van der Waals surface area contributed by atoms with Crippen molar-refractivity contribution in [1.29, 1.82) is 0 Å². The molecule has 34 heavy (non-hydrogen) atoms. The lowest BCUT2D eigenvalue weighted by Gasteiger charge is -2.40. The van der Waals surface area contributed by atoms with E-state index in [1.165, 1.54) is 0 Å². The van der Waals surface area contributed by atoms with E-state index in [1.54, 1.807) is 12.1 Å². The predicted octanol–water partition coefficient (Wildman–Crippen LogP) is 5.40. The first-order valence-electron chi connectivity index (χ1n) is 12.5. The van der Waals surface area contributed by atoms with Gasteiger partial charge in [-0.3, -0.25) is 0 Å². The lowest BCUT2D eigenvalue weighted by Crippen LogP contribution is -2.47. The second-order valence-electron chi connectivity index (χ2n) is 10.5. The molecule has 0 amide bonds. The first-order chi connectivity index (χ1) is 16.2. The molecule has 2 saturated carbocycles. The zero-order chi connectivity index (χ0) is 24.1. The van der Waals surface area contributed by atoms with Crippen LogP contribution in [0.25, 0.3) is 0 Å². The van der Waals surface area contributed by atoms with E-state index < -0.39 is 29.8 Å². The number of rotatable bonds is 6. The minimum Gasteiger partial charge on any atom is -0.479 e. The summed E-state index contributed by atoms with van der Waals surface area (Å²) in [6, 6.07) is 15.7. The van der Waals surface area contributed by atoms with Crippen LogP contribution in [-0.4, -0.2) is 34.7 Å². The molecule has 0 radical (unpaired) electrons. The monoisotopic (exact) mass is 469 g/mol. The van der Waals surface area contributed by atoms with E-state index in [4.69, 9.17) is 0 Å². The summed E-state index contributed by atoms with van der Waals surface area (Å²) in [5.41, 5.74) is 0.759. The van der Waals surface area contributed by atoms with Crippen molar-refractivity contribution in [3.05, 3.63) is 70.8 Å². The number of alkyl halides is 2. The summed E-state index contributed by atoms with van der Waals surface area (Å²) >= 11 is 0. The molecule has 2 aliphatic carbocycles. The molecule has 2 bridgehead atoms. The molecule has 2 aromatic carbocycles. The van der Waals surface area contributed by atoms with E-state index >= 15 is 0 Å². The van der Waals surface area contributed by atoms with Gasteiger partial charge in [-0.05, 0) is 60.4 Å². The number of benzene rings is 2. The van der Waals surface area contributed by atoms with Gasteiger partial charge in [-0.15, -0.1) is 0 Å². The highest BCUT2D eigenvalue weighted by atomic mass is 19.3. The van der Waals surface area contributed by atoms with Gasteiger partial charge in [-0.1, -0.05) is 55.5 Å². The summed E-state index contributed by atoms with van der Waals surface area (Å²) < 4.78 is 28.8. The molecule has 6 heteroatoms. The van der Waals surface area contributed by atoms with Gasteiger partial charge in [0.25, 0.3) is 0 Å². The number of carboxylic acid groups (broad SMARTS) is 1. The number of halogens is 2. The number of carbonyl (C=O) groups is 1. The topological polar surface area (TPSA) is 69.6 Å². The number of piperidine rings is 1. The fourth-order valence-corrected chi connectivity index (χ4v) is 6.95. The van der Waals surface area contributed by atoms with Crippen molar-refractivity contribution in [2.45, 2.75) is 74.8 Å². The number of fused-ring (bicyclic) bond motifs is 2. The molecule has 1 heterocycles. The van der Waals surface area contributed by atoms with Gasteiger partial charge in [0.1, 0.15) is 0 Å². The third kappa shape index (κ3) is 3.85. The Labute approximate surface area is 199 Å². The summed E-state index contributed by atoms with van der Waals surface area (Å²) in [6.45, 7) is 2.95. The zero-order valence-corrected chi connectivity index (χ0v) is 19.5. The molecule has 3 fully saturated rings. The van der Waals surface area contributed by atoms with Gasteiger partial charge < -0.3 is 15.5 Å². The van der Waals surface area contributed by atoms with E-state index in [0.717, 1.165) is 36.1 Å². The Bertz CT molecular complexity index is 1040. The second kappa shape index (κ2) is 8.72. The highest BCUT2D eigenvalue weighted by Crippen LogP contribution is 2.51. The molecule has 4 nitrogen and oxygen atoms in total. The zero-order valence-electron chi connectivity index (χ0n) is 19.5. The molecular weight excluding hydrogens is 436 g/mol. The van der Waals surface area contributed by atoms with E-state index in [-0.39, 0.29) is 36.7 Å². The van der Waals surface area contributed by atoms with Crippen molar-refractivity contribution >= 4 is 5.97 Å². The second-order valence-corrected chi connectivity index (χ2v) is 10.5. The van der Waals surface area contributed by atoms with Crippen LogP contribution in [0.1, 0.15) is 79.5 Å². The van der Waals surface area contributed by atoms with Gasteiger partial charge in [0.05, 0.1) is 0 Å². The van der Waals surface area contributed by atoms with Gasteiger partial charge in [0, 0.05) is 36.6 Å². The molecular formula is C28H33F2NO3. The molecule has 2 aromatic rings. The van der Waals surface area contributed by atoms with E-state index in [1.807, 2.05) is 37.3 Å². The number of aliphatic carboxylic acids is 1. The fourth-order valence-electron chi connectivity index (χ4n) is 6.95. The highest BCUT2D eigenvalue weighted by molar-refractivity contribution is 5.81. The number of hydrogen-bond acceptors (Lipinski definition) is 3. The molecule has 0 aromatic heterocycles. The van der Waals surface area contributed by atoms with Crippen LogP contribution in [0, 0.1) is 11.8 Å². The lowest BCUT2D eigenvalue weighted by molar-refractivity contribution is -0.176. The van der Waals surface area contributed by atoms with Crippen molar-refractivity contribution in [3.63, 3.8) is 0 Å². The van der Waals surface area contributed by atoms with Crippen LogP contribution in [0.3, 0.4) is 0 Å². The summed E-state index contributed by atoms with van der Waals surface area (Å²) in [6.07, 6.45) is 1.77. The van der Waals surface area contributed by atoms with Crippen molar-refractivity contribution in [1.82, 2.24) is 5.32 Å². The minimum atomic E-state index is -2.97. The Morgan fingerprint density at radius 3 is 2.47 bits per heavy atom. The largest absolute Gasteiger partial charge is 0.479 e. The summed E-state index contributed by atoms with van der Waals surface area (Å²) in [5.74, 6) is -4.97. The average Bonchev–Trinajstić information content (AvgIpc) is 3.43. The smallest absolute Gasteiger partial charge is 0.340 e. The summed E-state index contributed by atoms with van der Waals surface area (Å²) in [7, 11) is 0. The molecule has 3 N–H and O–H groups in total. The third-order valence-electron chi connectivity index (χ3n) is 8.63. The first-order valence-corrected chi connectivity index (χ1v) is 12.5. The van der Waals surface area contributed by atoms with Gasteiger partial charge in [-0.25, -0.2) is 13.6 Å². The molecule has 182 valence electrons. The lowest BCUT2D eigenvalue weighted by atomic mass is 9.68. The number of aliphatic hydroxyl groups is 1. The van der Waals surface area contributed by atoms with Crippen LogP contribution in [0.5, 0.6) is 0 Å². The van der Waals surface area contributed by atoms with Crippen molar-refractivity contribution in [2.24, 2.45) is 11.8 Å². The summed E-state index contributed by atoms with van der Waals surface area (Å²) in [4.78, 5) is 12.7. The van der Waals surface area contributed by atoms with Crippen LogP contribution in [-0.2, 0) is 10.4 Å². The molecule has 3 aliphatic rings. The van der Waals surface area contributed by atoms with Crippen molar-refractivity contribution in [2.75, 3.05) is 6.54 Å². The third-order valence-corrected chi connectivity index (χ3v) is 8.63. The first kappa shape index (κ1) is 23.4. The highest BCUT2D eigenvalue weighted by Gasteiger charge is 2.53. The molecule has 6 atom stereocenters. The normalized spacial score (nSPS) is 30.6. The maximum absolute atomic E-state index is 14.4. The summed E-state index contributed by atoms with van der Waals surface area (Å²) in [5, 5.41) is 25.8. The Hall–Kier alpha value is -2.31.